The van der Waals surface area contributed by atoms with Crippen LogP contribution >= 0.6 is 34.8 Å². The van der Waals surface area contributed by atoms with E-state index < -0.39 is 3.79 Å². The third-order valence-electron chi connectivity index (χ3n) is 3.44. The summed E-state index contributed by atoms with van der Waals surface area (Å²) in [5.41, 5.74) is 1.76. The molecule has 0 saturated heterocycles. The molecule has 3 rings (SSSR count). The number of hydrogen-bond acceptors (Lipinski definition) is 6. The molecule has 0 bridgehead atoms. The van der Waals surface area contributed by atoms with Gasteiger partial charge >= 0.3 is 0 Å². The summed E-state index contributed by atoms with van der Waals surface area (Å²) in [4.78, 5) is 16.9. The number of benzene rings is 1. The number of anilines is 1. The number of alkyl halides is 3. The molecule has 1 aromatic carbocycles. The smallest absolute Gasteiger partial charge is 0.250 e. The van der Waals surface area contributed by atoms with Crippen molar-refractivity contribution in [1.29, 1.82) is 0 Å². The largest absolute Gasteiger partial charge is 0.497 e. The molecule has 0 spiro atoms. The summed E-state index contributed by atoms with van der Waals surface area (Å²) in [6.45, 7) is 0.494. The Labute approximate surface area is 165 Å². The van der Waals surface area contributed by atoms with Crippen molar-refractivity contribution in [3.63, 3.8) is 0 Å². The molecular formula is C17H14Cl3N5O. The molecule has 0 saturated carbocycles. The Balaban J connectivity index is 1.93. The van der Waals surface area contributed by atoms with Gasteiger partial charge in [-0.3, -0.25) is 4.98 Å². The average molecular weight is 411 g/mol. The lowest BCUT2D eigenvalue weighted by Crippen LogP contribution is -2.13. The number of halogens is 3. The lowest BCUT2D eigenvalue weighted by molar-refractivity contribution is 0.415. The van der Waals surface area contributed by atoms with E-state index in [0.717, 1.165) is 16.9 Å². The second-order valence-electron chi connectivity index (χ2n) is 5.24. The Kier molecular flexibility index (Phi) is 5.76. The van der Waals surface area contributed by atoms with Gasteiger partial charge < -0.3 is 10.1 Å². The molecule has 9 heteroatoms. The van der Waals surface area contributed by atoms with Crippen LogP contribution in [0.25, 0.3) is 11.4 Å². The second kappa shape index (κ2) is 8.03. The van der Waals surface area contributed by atoms with Crippen molar-refractivity contribution in [2.45, 2.75) is 10.3 Å². The van der Waals surface area contributed by atoms with Crippen LogP contribution in [0.4, 0.5) is 5.95 Å². The summed E-state index contributed by atoms with van der Waals surface area (Å²) in [7, 11) is 1.60. The van der Waals surface area contributed by atoms with Crippen molar-refractivity contribution in [1.82, 2.24) is 19.9 Å². The molecule has 0 atom stereocenters. The van der Waals surface area contributed by atoms with E-state index in [0.29, 0.717) is 18.3 Å². The van der Waals surface area contributed by atoms with E-state index in [2.05, 4.69) is 25.3 Å². The van der Waals surface area contributed by atoms with Gasteiger partial charge in [0.25, 0.3) is 0 Å². The van der Waals surface area contributed by atoms with E-state index in [1.807, 2.05) is 24.3 Å². The first-order chi connectivity index (χ1) is 12.5. The highest BCUT2D eigenvalue weighted by Gasteiger charge is 2.28. The zero-order valence-corrected chi connectivity index (χ0v) is 15.9. The number of methoxy groups -OCH3 is 1. The minimum atomic E-state index is -1.77. The zero-order chi connectivity index (χ0) is 18.6. The highest BCUT2D eigenvalue weighted by atomic mass is 35.6. The summed E-state index contributed by atoms with van der Waals surface area (Å²) in [6, 6.07) is 11.0. The third kappa shape index (κ3) is 4.72. The molecule has 1 N–H and O–H groups in total. The highest BCUT2D eigenvalue weighted by molar-refractivity contribution is 6.66. The van der Waals surface area contributed by atoms with E-state index in [-0.39, 0.29) is 5.82 Å². The maximum atomic E-state index is 5.98. The quantitative estimate of drug-likeness (QED) is 0.629. The van der Waals surface area contributed by atoms with Gasteiger partial charge in [0.1, 0.15) is 5.75 Å². The normalized spacial score (nSPS) is 11.2. The van der Waals surface area contributed by atoms with E-state index in [9.17, 15) is 0 Å². The average Bonchev–Trinajstić information content (AvgIpc) is 2.66. The summed E-state index contributed by atoms with van der Waals surface area (Å²) in [5, 5.41) is 3.12. The zero-order valence-electron chi connectivity index (χ0n) is 13.7. The van der Waals surface area contributed by atoms with Crippen LogP contribution in [0.2, 0.25) is 0 Å². The van der Waals surface area contributed by atoms with Crippen molar-refractivity contribution in [3.05, 3.63) is 60.2 Å². The Hall–Kier alpha value is -2.15. The minimum absolute atomic E-state index is 0.0422. The fraction of sp³-hybridized carbons (Fsp3) is 0.176. The standard InChI is InChI=1S/C17H14Cl3N5O/c1-26-13-4-2-12(3-5-13)14-23-15(17(18,19)20)25-16(24-14)22-10-11-6-8-21-9-7-11/h2-9H,10H2,1H3,(H,22,23,24,25). The SMILES string of the molecule is COc1ccc(-c2nc(NCc3ccncc3)nc(C(Cl)(Cl)Cl)n2)cc1. The van der Waals surface area contributed by atoms with Gasteiger partial charge in [-0.05, 0) is 42.0 Å². The van der Waals surface area contributed by atoms with Crippen LogP contribution < -0.4 is 10.1 Å². The van der Waals surface area contributed by atoms with Gasteiger partial charge in [-0.2, -0.15) is 9.97 Å². The maximum absolute atomic E-state index is 5.98. The molecule has 0 amide bonds. The van der Waals surface area contributed by atoms with Gasteiger partial charge in [0.05, 0.1) is 7.11 Å². The van der Waals surface area contributed by atoms with E-state index >= 15 is 0 Å². The fourth-order valence-corrected chi connectivity index (χ4v) is 2.39. The summed E-state index contributed by atoms with van der Waals surface area (Å²) < 4.78 is 3.39. The minimum Gasteiger partial charge on any atom is -0.497 e. The number of hydrogen-bond donors (Lipinski definition) is 1. The molecule has 26 heavy (non-hydrogen) atoms. The maximum Gasteiger partial charge on any atom is 0.250 e. The van der Waals surface area contributed by atoms with E-state index in [1.165, 1.54) is 0 Å². The first-order valence-electron chi connectivity index (χ1n) is 7.56. The molecule has 0 aliphatic carbocycles. The van der Waals surface area contributed by atoms with Crippen molar-refractivity contribution >= 4 is 40.8 Å². The summed E-state index contributed by atoms with van der Waals surface area (Å²) in [6.07, 6.45) is 3.42. The number of nitrogens with one attached hydrogen (secondary N) is 1. The van der Waals surface area contributed by atoms with Crippen LogP contribution in [-0.4, -0.2) is 27.0 Å². The van der Waals surface area contributed by atoms with Crippen LogP contribution in [0.15, 0.2) is 48.8 Å². The molecule has 0 aliphatic heterocycles. The predicted molar refractivity (Wildman–Crippen MR) is 103 cm³/mol. The Bertz CT molecular complexity index is 870. The molecule has 3 aromatic rings. The van der Waals surface area contributed by atoms with Crippen LogP contribution in [-0.2, 0) is 10.3 Å². The van der Waals surface area contributed by atoms with E-state index in [4.69, 9.17) is 39.5 Å². The Morgan fingerprint density at radius 2 is 1.65 bits per heavy atom. The van der Waals surface area contributed by atoms with Gasteiger partial charge in [0.2, 0.25) is 9.74 Å². The lowest BCUT2D eigenvalue weighted by Gasteiger charge is -2.13. The number of aromatic nitrogens is 4. The molecule has 0 aliphatic rings. The molecule has 2 aromatic heterocycles. The Morgan fingerprint density at radius 3 is 2.27 bits per heavy atom. The first-order valence-corrected chi connectivity index (χ1v) is 8.69. The monoisotopic (exact) mass is 409 g/mol. The molecule has 134 valence electrons. The molecule has 0 radical (unpaired) electrons. The molecule has 0 unspecified atom stereocenters. The van der Waals surface area contributed by atoms with Crippen molar-refractivity contribution < 1.29 is 4.74 Å². The highest BCUT2D eigenvalue weighted by Crippen LogP contribution is 2.37. The van der Waals surface area contributed by atoms with Gasteiger partial charge in [0, 0.05) is 24.5 Å². The van der Waals surface area contributed by atoms with Crippen LogP contribution in [0.5, 0.6) is 5.75 Å². The summed E-state index contributed by atoms with van der Waals surface area (Å²) in [5.74, 6) is 1.46. The van der Waals surface area contributed by atoms with Gasteiger partial charge in [-0.15, -0.1) is 0 Å². The topological polar surface area (TPSA) is 72.8 Å². The van der Waals surface area contributed by atoms with Gasteiger partial charge in [-0.25, -0.2) is 4.98 Å². The second-order valence-corrected chi connectivity index (χ2v) is 7.52. The number of pyridine rings is 1. The fourth-order valence-electron chi connectivity index (χ4n) is 2.13. The van der Waals surface area contributed by atoms with E-state index in [1.54, 1.807) is 31.6 Å². The molecular weight excluding hydrogens is 397 g/mol. The lowest BCUT2D eigenvalue weighted by atomic mass is 10.2. The van der Waals surface area contributed by atoms with Gasteiger partial charge in [0.15, 0.2) is 11.6 Å². The number of ether oxygens (including phenoxy) is 1. The van der Waals surface area contributed by atoms with Crippen molar-refractivity contribution in [2.75, 3.05) is 12.4 Å². The number of nitrogens with zero attached hydrogens (tertiary/aromatic N) is 4. The van der Waals surface area contributed by atoms with Gasteiger partial charge in [-0.1, -0.05) is 34.8 Å². The number of rotatable bonds is 5. The van der Waals surface area contributed by atoms with Crippen LogP contribution in [0, 0.1) is 0 Å². The molecule has 0 fully saturated rings. The van der Waals surface area contributed by atoms with Crippen molar-refractivity contribution in [2.24, 2.45) is 0 Å². The third-order valence-corrected chi connectivity index (χ3v) is 3.94. The molecule has 2 heterocycles. The molecule has 6 nitrogen and oxygen atoms in total. The van der Waals surface area contributed by atoms with Crippen LogP contribution in [0.1, 0.15) is 11.4 Å². The Morgan fingerprint density at radius 1 is 0.962 bits per heavy atom. The predicted octanol–water partition coefficient (Wildman–Crippen LogP) is 4.38. The van der Waals surface area contributed by atoms with Crippen molar-refractivity contribution in [3.8, 4) is 17.1 Å². The summed E-state index contributed by atoms with van der Waals surface area (Å²) >= 11 is 17.9. The van der Waals surface area contributed by atoms with Crippen LogP contribution in [0.3, 0.4) is 0 Å². The first kappa shape index (κ1) is 18.6.